The molecule has 0 aromatic carbocycles. The van der Waals surface area contributed by atoms with Gasteiger partial charge in [-0.25, -0.2) is 0 Å². The second kappa shape index (κ2) is 11.3. The molecule has 112 valence electrons. The van der Waals surface area contributed by atoms with Gasteiger partial charge in [-0.15, -0.1) is 12.4 Å². The minimum Gasteiger partial charge on any atom is -0.313 e. The zero-order valence-electron chi connectivity index (χ0n) is 12.7. The molecule has 4 heteroatoms. The Morgan fingerprint density at radius 3 is 2.63 bits per heavy atom. The van der Waals surface area contributed by atoms with Crippen LogP contribution in [0.3, 0.4) is 0 Å². The first-order valence-corrected chi connectivity index (χ1v) is 7.44. The molecule has 3 nitrogen and oxygen atoms in total. The van der Waals surface area contributed by atoms with Crippen LogP contribution in [0.1, 0.15) is 58.4 Å². The number of hydrogen-bond acceptors (Lipinski definition) is 2. The predicted molar refractivity (Wildman–Crippen MR) is 84.8 cm³/mol. The number of hydrogen-bond donors (Lipinski definition) is 1. The first-order chi connectivity index (χ1) is 8.72. The Balaban J connectivity index is 0.00000324. The number of nitrogens with zero attached hydrogens (tertiary/aromatic N) is 2. The summed E-state index contributed by atoms with van der Waals surface area (Å²) in [6.45, 7) is 9.78. The van der Waals surface area contributed by atoms with Gasteiger partial charge in [0.15, 0.2) is 0 Å². The van der Waals surface area contributed by atoms with E-state index < -0.39 is 0 Å². The Kier molecular flexibility index (Phi) is 11.0. The molecule has 0 atom stereocenters. The second-order valence-electron chi connectivity index (χ2n) is 5.56. The molecule has 0 aliphatic rings. The van der Waals surface area contributed by atoms with Gasteiger partial charge in [0, 0.05) is 24.8 Å². The topological polar surface area (TPSA) is 29.9 Å². The molecule has 0 spiro atoms. The molecule has 1 N–H and O–H groups in total. The van der Waals surface area contributed by atoms with Crippen LogP contribution in [0.4, 0.5) is 0 Å². The summed E-state index contributed by atoms with van der Waals surface area (Å²) >= 11 is 0. The lowest BCUT2D eigenvalue weighted by Crippen LogP contribution is -2.14. The molecule has 19 heavy (non-hydrogen) atoms. The Morgan fingerprint density at radius 1 is 1.21 bits per heavy atom. The van der Waals surface area contributed by atoms with Crippen molar-refractivity contribution in [2.75, 3.05) is 6.54 Å². The molecular weight excluding hydrogens is 258 g/mol. The number of nitrogens with one attached hydrogen (secondary N) is 1. The third kappa shape index (κ3) is 9.06. The van der Waals surface area contributed by atoms with Crippen LogP contribution in [-0.4, -0.2) is 16.3 Å². The second-order valence-corrected chi connectivity index (χ2v) is 5.56. The molecule has 0 aliphatic carbocycles. The van der Waals surface area contributed by atoms with E-state index in [0.717, 1.165) is 19.6 Å². The van der Waals surface area contributed by atoms with Crippen molar-refractivity contribution in [2.24, 2.45) is 5.92 Å². The van der Waals surface area contributed by atoms with E-state index in [1.807, 2.05) is 10.9 Å². The Labute approximate surface area is 124 Å². The highest BCUT2D eigenvalue weighted by Crippen LogP contribution is 2.03. The number of halogens is 1. The van der Waals surface area contributed by atoms with Crippen molar-refractivity contribution in [2.45, 2.75) is 66.0 Å². The first-order valence-electron chi connectivity index (χ1n) is 7.44. The summed E-state index contributed by atoms with van der Waals surface area (Å²) in [6.07, 6.45) is 10.9. The van der Waals surface area contributed by atoms with E-state index >= 15 is 0 Å². The fraction of sp³-hybridized carbons (Fsp3) is 0.800. The van der Waals surface area contributed by atoms with Crippen molar-refractivity contribution in [1.29, 1.82) is 0 Å². The van der Waals surface area contributed by atoms with Gasteiger partial charge in [0.05, 0.1) is 6.20 Å². The Morgan fingerprint density at radius 2 is 1.95 bits per heavy atom. The standard InChI is InChI=1S/C15H29N3.ClH/c1-4-5-6-7-8-9-16-10-15-11-17-18(13-15)12-14(2)3;/h11,13-14,16H,4-10,12H2,1-3H3;1H. The van der Waals surface area contributed by atoms with Gasteiger partial charge in [0.2, 0.25) is 0 Å². The monoisotopic (exact) mass is 287 g/mol. The third-order valence-electron chi connectivity index (χ3n) is 3.03. The van der Waals surface area contributed by atoms with Gasteiger partial charge in [-0.3, -0.25) is 4.68 Å². The average molecular weight is 288 g/mol. The van der Waals surface area contributed by atoms with Crippen LogP contribution in [0.25, 0.3) is 0 Å². The largest absolute Gasteiger partial charge is 0.313 e. The van der Waals surface area contributed by atoms with Gasteiger partial charge in [0.1, 0.15) is 0 Å². The molecule has 1 aromatic heterocycles. The van der Waals surface area contributed by atoms with E-state index in [1.54, 1.807) is 0 Å². The van der Waals surface area contributed by atoms with Gasteiger partial charge in [-0.2, -0.15) is 5.10 Å². The number of rotatable bonds is 10. The summed E-state index contributed by atoms with van der Waals surface area (Å²) in [6, 6.07) is 0. The van der Waals surface area contributed by atoms with Crippen LogP contribution in [0.2, 0.25) is 0 Å². The highest BCUT2D eigenvalue weighted by molar-refractivity contribution is 5.85. The molecule has 0 aliphatic heterocycles. The van der Waals surface area contributed by atoms with Gasteiger partial charge in [-0.1, -0.05) is 46.5 Å². The molecule has 1 aromatic rings. The van der Waals surface area contributed by atoms with Crippen LogP contribution in [-0.2, 0) is 13.1 Å². The number of unbranched alkanes of at least 4 members (excludes halogenated alkanes) is 4. The van der Waals surface area contributed by atoms with Crippen LogP contribution in [0.15, 0.2) is 12.4 Å². The fourth-order valence-electron chi connectivity index (χ4n) is 2.06. The van der Waals surface area contributed by atoms with Gasteiger partial charge in [0.25, 0.3) is 0 Å². The summed E-state index contributed by atoms with van der Waals surface area (Å²) in [5.74, 6) is 0.657. The molecule has 0 fully saturated rings. The lowest BCUT2D eigenvalue weighted by Gasteiger charge is -2.04. The quantitative estimate of drug-likeness (QED) is 0.659. The molecule has 0 radical (unpaired) electrons. The molecule has 0 saturated carbocycles. The van der Waals surface area contributed by atoms with E-state index in [0.29, 0.717) is 5.92 Å². The van der Waals surface area contributed by atoms with Crippen molar-refractivity contribution in [3.63, 3.8) is 0 Å². The highest BCUT2D eigenvalue weighted by Gasteiger charge is 2.00. The maximum Gasteiger partial charge on any atom is 0.0534 e. The Bertz CT molecular complexity index is 310. The smallest absolute Gasteiger partial charge is 0.0534 e. The van der Waals surface area contributed by atoms with Crippen molar-refractivity contribution < 1.29 is 0 Å². The van der Waals surface area contributed by atoms with Crippen molar-refractivity contribution in [3.8, 4) is 0 Å². The maximum absolute atomic E-state index is 4.37. The molecular formula is C15H30ClN3. The molecule has 0 saturated heterocycles. The van der Waals surface area contributed by atoms with Gasteiger partial charge >= 0.3 is 0 Å². The van der Waals surface area contributed by atoms with Crippen molar-refractivity contribution >= 4 is 12.4 Å². The fourth-order valence-corrected chi connectivity index (χ4v) is 2.06. The van der Waals surface area contributed by atoms with Crippen LogP contribution < -0.4 is 5.32 Å². The third-order valence-corrected chi connectivity index (χ3v) is 3.03. The summed E-state index contributed by atoms with van der Waals surface area (Å²) in [7, 11) is 0. The molecule has 1 heterocycles. The minimum atomic E-state index is 0. The molecule has 0 unspecified atom stereocenters. The summed E-state index contributed by atoms with van der Waals surface area (Å²) < 4.78 is 2.04. The van der Waals surface area contributed by atoms with Gasteiger partial charge < -0.3 is 5.32 Å². The summed E-state index contributed by atoms with van der Waals surface area (Å²) in [4.78, 5) is 0. The summed E-state index contributed by atoms with van der Waals surface area (Å²) in [5.41, 5.74) is 1.30. The van der Waals surface area contributed by atoms with Crippen molar-refractivity contribution in [1.82, 2.24) is 15.1 Å². The zero-order valence-corrected chi connectivity index (χ0v) is 13.5. The summed E-state index contributed by atoms with van der Waals surface area (Å²) in [5, 5.41) is 7.86. The highest BCUT2D eigenvalue weighted by atomic mass is 35.5. The predicted octanol–water partition coefficient (Wildman–Crippen LogP) is 4.02. The average Bonchev–Trinajstić information content (AvgIpc) is 2.75. The van der Waals surface area contributed by atoms with E-state index in [2.05, 4.69) is 37.4 Å². The van der Waals surface area contributed by atoms with Crippen LogP contribution in [0.5, 0.6) is 0 Å². The lowest BCUT2D eigenvalue weighted by atomic mass is 10.1. The zero-order chi connectivity index (χ0) is 13.2. The van der Waals surface area contributed by atoms with Gasteiger partial charge in [-0.05, 0) is 18.9 Å². The molecule has 1 rings (SSSR count). The van der Waals surface area contributed by atoms with E-state index in [4.69, 9.17) is 0 Å². The molecule has 0 amide bonds. The minimum absolute atomic E-state index is 0. The normalized spacial score (nSPS) is 10.7. The number of aromatic nitrogens is 2. The van der Waals surface area contributed by atoms with Crippen LogP contribution >= 0.6 is 12.4 Å². The van der Waals surface area contributed by atoms with Crippen molar-refractivity contribution in [3.05, 3.63) is 18.0 Å². The first kappa shape index (κ1) is 18.5. The van der Waals surface area contributed by atoms with E-state index in [9.17, 15) is 0 Å². The van der Waals surface area contributed by atoms with E-state index in [-0.39, 0.29) is 12.4 Å². The maximum atomic E-state index is 4.37. The SMILES string of the molecule is CCCCCCCNCc1cnn(CC(C)C)c1.Cl. The molecule has 0 bridgehead atoms. The van der Waals surface area contributed by atoms with E-state index in [1.165, 1.54) is 37.7 Å². The Hall–Kier alpha value is -0.540. The lowest BCUT2D eigenvalue weighted by molar-refractivity contribution is 0.482. The van der Waals surface area contributed by atoms with Crippen LogP contribution in [0, 0.1) is 5.92 Å².